The smallest absolute Gasteiger partial charge is 0.205 e. The minimum Gasteiger partial charge on any atom is -0.363 e. The van der Waals surface area contributed by atoms with Gasteiger partial charge in [-0.25, -0.2) is 0 Å². The lowest BCUT2D eigenvalue weighted by atomic mass is 10.3. The van der Waals surface area contributed by atoms with Crippen molar-refractivity contribution in [3.8, 4) is 0 Å². The fraction of sp³-hybridized carbons (Fsp3) is 0.364. The molecule has 90 valence electrons. The van der Waals surface area contributed by atoms with E-state index in [4.69, 9.17) is 0 Å². The van der Waals surface area contributed by atoms with E-state index in [1.54, 1.807) is 17.5 Å². The normalized spacial score (nSPS) is 10.8. The van der Waals surface area contributed by atoms with Crippen LogP contribution in [0.1, 0.15) is 10.6 Å². The topological polar surface area (TPSA) is 53.9 Å². The van der Waals surface area contributed by atoms with Gasteiger partial charge in [0.2, 0.25) is 5.13 Å². The van der Waals surface area contributed by atoms with Gasteiger partial charge in [0, 0.05) is 26.0 Å². The molecule has 0 saturated carbocycles. The average molecular weight is 249 g/mol. The average Bonchev–Trinajstić information content (AvgIpc) is 2.78. The van der Waals surface area contributed by atoms with Crippen LogP contribution in [0.4, 0.5) is 5.13 Å². The van der Waals surface area contributed by atoms with Gasteiger partial charge in [-0.15, -0.1) is 10.2 Å². The minimum absolute atomic E-state index is 0.800. The van der Waals surface area contributed by atoms with Gasteiger partial charge >= 0.3 is 0 Å². The zero-order valence-electron chi connectivity index (χ0n) is 9.92. The minimum atomic E-state index is 0.800. The van der Waals surface area contributed by atoms with E-state index in [1.165, 1.54) is 5.56 Å². The molecule has 1 N–H and O–H groups in total. The summed E-state index contributed by atoms with van der Waals surface area (Å²) in [4.78, 5) is 6.29. The maximum Gasteiger partial charge on any atom is 0.205 e. The summed E-state index contributed by atoms with van der Waals surface area (Å²) in [7, 11) is 3.91. The summed E-state index contributed by atoms with van der Waals surface area (Å²) in [6.45, 7) is 1.66. The van der Waals surface area contributed by atoms with E-state index in [-0.39, 0.29) is 0 Å². The Morgan fingerprint density at radius 1 is 1.35 bits per heavy atom. The summed E-state index contributed by atoms with van der Waals surface area (Å²) in [6.07, 6.45) is 3.67. The van der Waals surface area contributed by atoms with Crippen molar-refractivity contribution in [1.29, 1.82) is 0 Å². The number of pyridine rings is 1. The molecule has 0 saturated heterocycles. The fourth-order valence-corrected chi connectivity index (χ4v) is 2.28. The predicted octanol–water partition coefficient (Wildman–Crippen LogP) is 1.61. The van der Waals surface area contributed by atoms with Crippen molar-refractivity contribution < 1.29 is 0 Å². The van der Waals surface area contributed by atoms with Crippen molar-refractivity contribution >= 4 is 16.5 Å². The largest absolute Gasteiger partial charge is 0.363 e. The quantitative estimate of drug-likeness (QED) is 0.872. The highest BCUT2D eigenvalue weighted by Gasteiger charge is 2.06. The zero-order chi connectivity index (χ0) is 12.1. The van der Waals surface area contributed by atoms with Crippen LogP contribution in [0.5, 0.6) is 0 Å². The molecule has 0 aromatic carbocycles. The Hall–Kier alpha value is -1.53. The summed E-state index contributed by atoms with van der Waals surface area (Å²) >= 11 is 1.58. The van der Waals surface area contributed by atoms with Crippen molar-refractivity contribution in [3.63, 3.8) is 0 Å². The molecule has 0 amide bonds. The van der Waals surface area contributed by atoms with E-state index >= 15 is 0 Å². The molecule has 0 fully saturated rings. The van der Waals surface area contributed by atoms with Crippen LogP contribution in [0.15, 0.2) is 24.5 Å². The molecule has 0 spiro atoms. The van der Waals surface area contributed by atoms with E-state index < -0.39 is 0 Å². The molecule has 0 unspecified atom stereocenters. The Morgan fingerprint density at radius 2 is 2.24 bits per heavy atom. The van der Waals surface area contributed by atoms with Gasteiger partial charge in [-0.2, -0.15) is 0 Å². The number of hydrogen-bond acceptors (Lipinski definition) is 6. The standard InChI is InChI=1S/C11H15N5S/c1-12-11-15-14-10(17-11)8-16(2)7-9-4-3-5-13-6-9/h3-6H,7-8H2,1-2H3,(H,12,15). The van der Waals surface area contributed by atoms with Crippen molar-refractivity contribution in [2.45, 2.75) is 13.1 Å². The van der Waals surface area contributed by atoms with Gasteiger partial charge < -0.3 is 5.32 Å². The van der Waals surface area contributed by atoms with Crippen molar-refractivity contribution in [2.75, 3.05) is 19.4 Å². The van der Waals surface area contributed by atoms with Gasteiger partial charge in [0.1, 0.15) is 5.01 Å². The molecule has 0 atom stereocenters. The molecule has 2 aromatic rings. The van der Waals surface area contributed by atoms with E-state index in [1.807, 2.05) is 19.3 Å². The van der Waals surface area contributed by atoms with Crippen molar-refractivity contribution in [3.05, 3.63) is 35.1 Å². The molecule has 17 heavy (non-hydrogen) atoms. The molecular weight excluding hydrogens is 234 g/mol. The lowest BCUT2D eigenvalue weighted by Crippen LogP contribution is -2.17. The summed E-state index contributed by atoms with van der Waals surface area (Å²) in [6, 6.07) is 4.02. The van der Waals surface area contributed by atoms with Gasteiger partial charge in [-0.3, -0.25) is 9.88 Å². The van der Waals surface area contributed by atoms with Crippen molar-refractivity contribution in [1.82, 2.24) is 20.1 Å². The predicted molar refractivity (Wildman–Crippen MR) is 68.9 cm³/mol. The summed E-state index contributed by atoms with van der Waals surface area (Å²) in [5, 5.41) is 13.0. The maximum atomic E-state index is 4.12. The molecular formula is C11H15N5S. The van der Waals surface area contributed by atoms with Crippen LogP contribution in [0.2, 0.25) is 0 Å². The van der Waals surface area contributed by atoms with Crippen LogP contribution >= 0.6 is 11.3 Å². The van der Waals surface area contributed by atoms with E-state index in [2.05, 4.69) is 38.5 Å². The number of rotatable bonds is 5. The third-order valence-electron chi connectivity index (χ3n) is 2.26. The highest BCUT2D eigenvalue weighted by molar-refractivity contribution is 7.15. The maximum absolute atomic E-state index is 4.12. The summed E-state index contributed by atoms with van der Waals surface area (Å²) in [5.74, 6) is 0. The Bertz CT molecular complexity index is 456. The van der Waals surface area contributed by atoms with Crippen LogP contribution in [0, 0.1) is 0 Å². The second-order valence-corrected chi connectivity index (χ2v) is 4.85. The van der Waals surface area contributed by atoms with Crippen LogP contribution in [0.3, 0.4) is 0 Å². The molecule has 2 aromatic heterocycles. The van der Waals surface area contributed by atoms with E-state index in [0.717, 1.165) is 23.2 Å². The molecule has 6 heteroatoms. The van der Waals surface area contributed by atoms with Gasteiger partial charge in [0.25, 0.3) is 0 Å². The summed E-state index contributed by atoms with van der Waals surface area (Å²) in [5.41, 5.74) is 1.20. The Labute approximate surface area is 105 Å². The van der Waals surface area contributed by atoms with Gasteiger partial charge in [-0.1, -0.05) is 17.4 Å². The molecule has 0 aliphatic carbocycles. The monoisotopic (exact) mass is 249 g/mol. The first kappa shape index (κ1) is 11.9. The highest BCUT2D eigenvalue weighted by Crippen LogP contribution is 2.16. The third kappa shape index (κ3) is 3.47. The Balaban J connectivity index is 1.91. The van der Waals surface area contributed by atoms with Crippen molar-refractivity contribution in [2.24, 2.45) is 0 Å². The van der Waals surface area contributed by atoms with E-state index in [9.17, 15) is 0 Å². The van der Waals surface area contributed by atoms with Crippen LogP contribution in [-0.4, -0.2) is 34.2 Å². The van der Waals surface area contributed by atoms with Gasteiger partial charge in [-0.05, 0) is 18.7 Å². The van der Waals surface area contributed by atoms with E-state index in [0.29, 0.717) is 0 Å². The zero-order valence-corrected chi connectivity index (χ0v) is 10.7. The van der Waals surface area contributed by atoms with Crippen LogP contribution in [-0.2, 0) is 13.1 Å². The fourth-order valence-electron chi connectivity index (χ4n) is 1.51. The number of hydrogen-bond donors (Lipinski definition) is 1. The molecule has 2 heterocycles. The molecule has 5 nitrogen and oxygen atoms in total. The summed E-state index contributed by atoms with van der Waals surface area (Å²) < 4.78 is 0. The first-order valence-corrected chi connectivity index (χ1v) is 6.17. The SMILES string of the molecule is CNc1nnc(CN(C)Cc2cccnc2)s1. The van der Waals surface area contributed by atoms with Gasteiger partial charge in [0.05, 0.1) is 6.54 Å². The van der Waals surface area contributed by atoms with Crippen LogP contribution in [0.25, 0.3) is 0 Å². The molecule has 2 rings (SSSR count). The molecule has 0 bridgehead atoms. The molecule has 0 aliphatic rings. The number of anilines is 1. The second-order valence-electron chi connectivity index (χ2n) is 3.78. The van der Waals surface area contributed by atoms with Gasteiger partial charge in [0.15, 0.2) is 0 Å². The number of nitrogens with one attached hydrogen (secondary N) is 1. The number of aromatic nitrogens is 3. The molecule has 0 radical (unpaired) electrons. The lowest BCUT2D eigenvalue weighted by molar-refractivity contribution is 0.317. The van der Waals surface area contributed by atoms with Crippen LogP contribution < -0.4 is 5.32 Å². The first-order valence-electron chi connectivity index (χ1n) is 5.35. The highest BCUT2D eigenvalue weighted by atomic mass is 32.1. The number of nitrogens with zero attached hydrogens (tertiary/aromatic N) is 4. The second kappa shape index (κ2) is 5.70. The molecule has 0 aliphatic heterocycles. The first-order chi connectivity index (χ1) is 8.28. The Kier molecular flexibility index (Phi) is 4.00. The Morgan fingerprint density at radius 3 is 2.88 bits per heavy atom. The lowest BCUT2D eigenvalue weighted by Gasteiger charge is -2.14. The third-order valence-corrected chi connectivity index (χ3v) is 3.19.